The minimum absolute atomic E-state index is 0.181. The van der Waals surface area contributed by atoms with Crippen LogP contribution in [0.1, 0.15) is 29.9 Å². The molecule has 0 spiro atoms. The van der Waals surface area contributed by atoms with Gasteiger partial charge in [-0.05, 0) is 25.3 Å². The van der Waals surface area contributed by atoms with E-state index in [-0.39, 0.29) is 12.2 Å². The van der Waals surface area contributed by atoms with Crippen LogP contribution in [-0.2, 0) is 11.4 Å². The van der Waals surface area contributed by atoms with Crippen LogP contribution < -0.4 is 10.1 Å². The second-order valence-corrected chi connectivity index (χ2v) is 8.70. The van der Waals surface area contributed by atoms with Crippen molar-refractivity contribution in [2.75, 3.05) is 0 Å². The quantitative estimate of drug-likeness (QED) is 0.411. The van der Waals surface area contributed by atoms with Crippen molar-refractivity contribution in [2.24, 2.45) is 0 Å². The molecule has 0 aliphatic carbocycles. The maximum atomic E-state index is 13.0. The third-order valence-corrected chi connectivity index (χ3v) is 5.96. The summed E-state index contributed by atoms with van der Waals surface area (Å²) in [7, 11) is 0. The third kappa shape index (κ3) is 4.48. The second-order valence-electron chi connectivity index (χ2n) is 7.85. The van der Waals surface area contributed by atoms with Gasteiger partial charge in [0.25, 0.3) is 5.91 Å². The van der Waals surface area contributed by atoms with Gasteiger partial charge < -0.3 is 15.2 Å². The Hall–Kier alpha value is -3.71. The van der Waals surface area contributed by atoms with E-state index in [0.29, 0.717) is 5.75 Å². The van der Waals surface area contributed by atoms with Crippen molar-refractivity contribution in [2.45, 2.75) is 26.0 Å². The molecule has 0 radical (unpaired) electrons. The number of carboxylic acids is 1. The fourth-order valence-corrected chi connectivity index (χ4v) is 4.03. The Morgan fingerprint density at radius 1 is 1.03 bits per heavy atom. The van der Waals surface area contributed by atoms with E-state index < -0.39 is 17.4 Å². The molecule has 0 bridgehead atoms. The van der Waals surface area contributed by atoms with E-state index in [4.69, 9.17) is 4.74 Å². The molecule has 0 saturated heterocycles. The Labute approximate surface area is 189 Å². The number of hydrogen-bond donors (Lipinski definition) is 2. The molecule has 3 aromatic carbocycles. The van der Waals surface area contributed by atoms with Crippen LogP contribution in [0.25, 0.3) is 21.3 Å². The molecule has 0 saturated carbocycles. The highest BCUT2D eigenvalue weighted by Gasteiger charge is 2.30. The van der Waals surface area contributed by atoms with E-state index in [2.05, 4.69) is 10.3 Å². The maximum absolute atomic E-state index is 13.0. The number of nitrogens with one attached hydrogen (secondary N) is 1. The highest BCUT2D eigenvalue weighted by atomic mass is 32.1. The van der Waals surface area contributed by atoms with E-state index in [9.17, 15) is 14.7 Å². The van der Waals surface area contributed by atoms with Gasteiger partial charge in [0.05, 0.1) is 11.3 Å². The van der Waals surface area contributed by atoms with Gasteiger partial charge in [-0.2, -0.15) is 0 Å². The Morgan fingerprint density at radius 3 is 2.50 bits per heavy atom. The summed E-state index contributed by atoms with van der Waals surface area (Å²) in [6, 6.07) is 20.9. The summed E-state index contributed by atoms with van der Waals surface area (Å²) in [5, 5.41) is 16.5. The van der Waals surface area contributed by atoms with E-state index in [1.807, 2.05) is 66.0 Å². The minimum Gasteiger partial charge on any atom is -0.486 e. The number of aliphatic carboxylic acids is 1. The number of aromatic nitrogens is 1. The van der Waals surface area contributed by atoms with Gasteiger partial charge in [-0.3, -0.25) is 4.79 Å². The zero-order chi connectivity index (χ0) is 22.7. The average molecular weight is 447 g/mol. The number of hydrogen-bond acceptors (Lipinski definition) is 5. The van der Waals surface area contributed by atoms with Crippen molar-refractivity contribution < 1.29 is 19.4 Å². The molecule has 1 amide bonds. The summed E-state index contributed by atoms with van der Waals surface area (Å²) >= 11 is 1.53. The monoisotopic (exact) mass is 446 g/mol. The largest absolute Gasteiger partial charge is 0.486 e. The molecule has 0 fully saturated rings. The van der Waals surface area contributed by atoms with Gasteiger partial charge in [0.2, 0.25) is 0 Å². The Balaban J connectivity index is 1.64. The molecule has 1 heterocycles. The van der Waals surface area contributed by atoms with Crippen molar-refractivity contribution >= 4 is 34.0 Å². The standard InChI is InChI=1S/C25H22N2O4S/c1-25(2,24(29)30)27-22(28)20-13-12-16-8-6-7-11-19(16)21(20)31-14-18-15-32-23(26-18)17-9-4-3-5-10-17/h3-13,15H,14H2,1-2H3,(H,27,28)(H,29,30). The molecule has 7 heteroatoms. The Morgan fingerprint density at radius 2 is 1.75 bits per heavy atom. The minimum atomic E-state index is -1.42. The van der Waals surface area contributed by atoms with Gasteiger partial charge in [0.15, 0.2) is 0 Å². The third-order valence-electron chi connectivity index (χ3n) is 5.02. The number of fused-ring (bicyclic) bond motifs is 1. The number of ether oxygens (including phenoxy) is 1. The highest BCUT2D eigenvalue weighted by Crippen LogP contribution is 2.32. The van der Waals surface area contributed by atoms with Crippen molar-refractivity contribution in [1.82, 2.24) is 10.3 Å². The fourth-order valence-electron chi connectivity index (χ4n) is 3.21. The van der Waals surface area contributed by atoms with Gasteiger partial charge in [0, 0.05) is 16.3 Å². The topological polar surface area (TPSA) is 88.5 Å². The molecule has 4 rings (SSSR count). The van der Waals surface area contributed by atoms with Crippen molar-refractivity contribution in [3.05, 3.63) is 83.4 Å². The van der Waals surface area contributed by atoms with Crippen molar-refractivity contribution in [3.63, 3.8) is 0 Å². The molecule has 0 aliphatic rings. The van der Waals surface area contributed by atoms with Crippen LogP contribution in [0.2, 0.25) is 0 Å². The molecule has 0 unspecified atom stereocenters. The lowest BCUT2D eigenvalue weighted by molar-refractivity contribution is -0.143. The van der Waals surface area contributed by atoms with Gasteiger partial charge in [-0.25, -0.2) is 9.78 Å². The van der Waals surface area contributed by atoms with Crippen LogP contribution in [0.15, 0.2) is 72.1 Å². The maximum Gasteiger partial charge on any atom is 0.328 e. The van der Waals surface area contributed by atoms with E-state index in [0.717, 1.165) is 27.0 Å². The predicted molar refractivity (Wildman–Crippen MR) is 125 cm³/mol. The molecule has 0 aliphatic heterocycles. The molecule has 0 atom stereocenters. The lowest BCUT2D eigenvalue weighted by Gasteiger charge is -2.22. The molecule has 6 nitrogen and oxygen atoms in total. The summed E-state index contributed by atoms with van der Waals surface area (Å²) in [6.45, 7) is 3.06. The molecule has 4 aromatic rings. The van der Waals surface area contributed by atoms with Gasteiger partial charge in [-0.15, -0.1) is 11.3 Å². The van der Waals surface area contributed by atoms with Crippen LogP contribution in [-0.4, -0.2) is 27.5 Å². The lowest BCUT2D eigenvalue weighted by Crippen LogP contribution is -2.49. The molecular formula is C25H22N2O4S. The first kappa shape index (κ1) is 21.5. The SMILES string of the molecule is CC(C)(NC(=O)c1ccc2ccccc2c1OCc1csc(-c2ccccc2)n1)C(=O)O. The fraction of sp³-hybridized carbons (Fsp3) is 0.160. The average Bonchev–Trinajstić information content (AvgIpc) is 3.26. The van der Waals surface area contributed by atoms with Gasteiger partial charge >= 0.3 is 5.97 Å². The number of carbonyl (C=O) groups is 2. The van der Waals surface area contributed by atoms with Gasteiger partial charge in [0.1, 0.15) is 22.9 Å². The van der Waals surface area contributed by atoms with Crippen LogP contribution in [0.3, 0.4) is 0 Å². The van der Waals surface area contributed by atoms with Crippen molar-refractivity contribution in [1.29, 1.82) is 0 Å². The Bertz CT molecular complexity index is 1280. The smallest absolute Gasteiger partial charge is 0.328 e. The summed E-state index contributed by atoms with van der Waals surface area (Å²) in [4.78, 5) is 29.1. The highest BCUT2D eigenvalue weighted by molar-refractivity contribution is 7.13. The van der Waals surface area contributed by atoms with E-state index in [1.165, 1.54) is 25.2 Å². The van der Waals surface area contributed by atoms with Crippen molar-refractivity contribution in [3.8, 4) is 16.3 Å². The lowest BCUT2D eigenvalue weighted by atomic mass is 10.0. The van der Waals surface area contributed by atoms with Crippen LogP contribution in [0, 0.1) is 0 Å². The molecule has 162 valence electrons. The summed E-state index contributed by atoms with van der Waals surface area (Å²) in [5.74, 6) is -1.23. The molecule has 1 aromatic heterocycles. The number of rotatable bonds is 7. The number of benzene rings is 3. The normalized spacial score (nSPS) is 11.3. The predicted octanol–water partition coefficient (Wildman–Crippen LogP) is 5.14. The van der Waals surface area contributed by atoms with Crippen LogP contribution in [0.5, 0.6) is 5.75 Å². The number of amides is 1. The molecular weight excluding hydrogens is 424 g/mol. The number of thiazole rings is 1. The van der Waals surface area contributed by atoms with E-state index >= 15 is 0 Å². The summed E-state index contributed by atoms with van der Waals surface area (Å²) in [6.07, 6.45) is 0. The summed E-state index contributed by atoms with van der Waals surface area (Å²) in [5.41, 5.74) is 0.639. The number of carboxylic acid groups (broad SMARTS) is 1. The molecule has 32 heavy (non-hydrogen) atoms. The van der Waals surface area contributed by atoms with Gasteiger partial charge in [-0.1, -0.05) is 60.7 Å². The first-order chi connectivity index (χ1) is 15.3. The first-order valence-electron chi connectivity index (χ1n) is 10.1. The van der Waals surface area contributed by atoms with Crippen LogP contribution >= 0.6 is 11.3 Å². The second kappa shape index (κ2) is 8.80. The van der Waals surface area contributed by atoms with E-state index in [1.54, 1.807) is 6.07 Å². The first-order valence-corrected chi connectivity index (χ1v) is 10.9. The zero-order valence-corrected chi connectivity index (χ0v) is 18.5. The number of carbonyl (C=O) groups excluding carboxylic acids is 1. The Kier molecular flexibility index (Phi) is 5.92. The van der Waals surface area contributed by atoms with Crippen LogP contribution in [0.4, 0.5) is 0 Å². The molecule has 2 N–H and O–H groups in total. The zero-order valence-electron chi connectivity index (χ0n) is 17.7. The summed E-state index contributed by atoms with van der Waals surface area (Å²) < 4.78 is 6.12. The number of nitrogens with zero attached hydrogens (tertiary/aromatic N) is 1.